The van der Waals surface area contributed by atoms with Gasteiger partial charge in [-0.1, -0.05) is 24.2 Å². The van der Waals surface area contributed by atoms with Crippen molar-refractivity contribution >= 4 is 5.71 Å². The fourth-order valence-electron chi connectivity index (χ4n) is 2.74. The van der Waals surface area contributed by atoms with Crippen LogP contribution < -0.4 is 4.74 Å². The van der Waals surface area contributed by atoms with Gasteiger partial charge in [0.15, 0.2) is 0 Å². The summed E-state index contributed by atoms with van der Waals surface area (Å²) >= 11 is 0. The first-order valence-corrected chi connectivity index (χ1v) is 7.20. The van der Waals surface area contributed by atoms with Gasteiger partial charge in [0.05, 0.1) is 17.1 Å². The van der Waals surface area contributed by atoms with E-state index in [1.54, 1.807) is 0 Å². The summed E-state index contributed by atoms with van der Waals surface area (Å²) in [6.45, 7) is 2.58. The SMILES string of the molecule is CCc1cc(COc2cccc3c2CCC3=NO)n(C)n1. The molecule has 5 heteroatoms. The minimum absolute atomic E-state index is 0.492. The molecule has 0 radical (unpaired) electrons. The largest absolute Gasteiger partial charge is 0.487 e. The maximum absolute atomic E-state index is 9.01. The number of hydrogen-bond donors (Lipinski definition) is 1. The lowest BCUT2D eigenvalue weighted by Gasteiger charge is -2.10. The fraction of sp³-hybridized carbons (Fsp3) is 0.375. The topological polar surface area (TPSA) is 59.6 Å². The summed E-state index contributed by atoms with van der Waals surface area (Å²) in [5, 5.41) is 16.8. The summed E-state index contributed by atoms with van der Waals surface area (Å²) in [6.07, 6.45) is 2.54. The van der Waals surface area contributed by atoms with Gasteiger partial charge >= 0.3 is 0 Å². The first kappa shape index (κ1) is 13.7. The van der Waals surface area contributed by atoms with Gasteiger partial charge in [-0.25, -0.2) is 0 Å². The second-order valence-electron chi connectivity index (χ2n) is 5.22. The fourth-order valence-corrected chi connectivity index (χ4v) is 2.74. The van der Waals surface area contributed by atoms with E-state index in [4.69, 9.17) is 9.94 Å². The summed E-state index contributed by atoms with van der Waals surface area (Å²) < 4.78 is 7.83. The highest BCUT2D eigenvalue weighted by atomic mass is 16.5. The van der Waals surface area contributed by atoms with Crippen molar-refractivity contribution in [3.63, 3.8) is 0 Å². The van der Waals surface area contributed by atoms with Crippen LogP contribution in [0.3, 0.4) is 0 Å². The molecule has 0 atom stereocenters. The van der Waals surface area contributed by atoms with Crippen molar-refractivity contribution in [2.45, 2.75) is 32.8 Å². The molecule has 0 saturated carbocycles. The number of benzene rings is 1. The molecule has 3 rings (SSSR count). The van der Waals surface area contributed by atoms with Gasteiger partial charge in [0.25, 0.3) is 0 Å². The Morgan fingerprint density at radius 2 is 2.24 bits per heavy atom. The lowest BCUT2D eigenvalue weighted by atomic mass is 10.1. The summed E-state index contributed by atoms with van der Waals surface area (Å²) in [5.41, 5.74) is 4.99. The van der Waals surface area contributed by atoms with Crippen molar-refractivity contribution in [2.24, 2.45) is 12.2 Å². The summed E-state index contributed by atoms with van der Waals surface area (Å²) in [6, 6.07) is 7.95. The van der Waals surface area contributed by atoms with E-state index in [1.807, 2.05) is 29.9 Å². The predicted octanol–water partition coefficient (Wildman–Crippen LogP) is 2.69. The van der Waals surface area contributed by atoms with Gasteiger partial charge in [-0.2, -0.15) is 5.10 Å². The molecule has 0 saturated heterocycles. The quantitative estimate of drug-likeness (QED) is 0.694. The molecule has 2 aromatic rings. The minimum Gasteiger partial charge on any atom is -0.487 e. The van der Waals surface area contributed by atoms with E-state index in [9.17, 15) is 0 Å². The molecule has 0 unspecified atom stereocenters. The normalized spacial score (nSPS) is 15.4. The van der Waals surface area contributed by atoms with Gasteiger partial charge in [-0.15, -0.1) is 0 Å². The maximum Gasteiger partial charge on any atom is 0.130 e. The molecule has 1 N–H and O–H groups in total. The van der Waals surface area contributed by atoms with Gasteiger partial charge in [-0.3, -0.25) is 4.68 Å². The zero-order valence-corrected chi connectivity index (χ0v) is 12.3. The molecule has 0 spiro atoms. The minimum atomic E-state index is 0.492. The second-order valence-corrected chi connectivity index (χ2v) is 5.22. The highest BCUT2D eigenvalue weighted by molar-refractivity contribution is 6.04. The third-order valence-electron chi connectivity index (χ3n) is 3.94. The van der Waals surface area contributed by atoms with Crippen LogP contribution in [0.4, 0.5) is 0 Å². The highest BCUT2D eigenvalue weighted by Crippen LogP contribution is 2.31. The summed E-state index contributed by atoms with van der Waals surface area (Å²) in [7, 11) is 1.93. The summed E-state index contributed by atoms with van der Waals surface area (Å²) in [5.74, 6) is 0.866. The van der Waals surface area contributed by atoms with E-state index >= 15 is 0 Å². The number of oxime groups is 1. The molecule has 0 amide bonds. The Morgan fingerprint density at radius 3 is 2.95 bits per heavy atom. The lowest BCUT2D eigenvalue weighted by Crippen LogP contribution is -2.04. The molecular weight excluding hydrogens is 266 g/mol. The monoisotopic (exact) mass is 285 g/mol. The van der Waals surface area contributed by atoms with Gasteiger partial charge in [0.2, 0.25) is 0 Å². The first-order chi connectivity index (χ1) is 10.2. The van der Waals surface area contributed by atoms with Crippen molar-refractivity contribution in [3.05, 3.63) is 46.8 Å². The zero-order valence-electron chi connectivity index (χ0n) is 12.3. The summed E-state index contributed by atoms with van der Waals surface area (Å²) in [4.78, 5) is 0. The standard InChI is InChI=1S/C16H19N3O2/c1-3-11-9-12(19(2)17-11)10-21-16-6-4-5-13-14(16)7-8-15(13)18-20/h4-6,9,20H,3,7-8,10H2,1-2H3. The van der Waals surface area contributed by atoms with Crippen LogP contribution in [0.2, 0.25) is 0 Å². The number of ether oxygens (including phenoxy) is 1. The van der Waals surface area contributed by atoms with Crippen molar-refractivity contribution in [2.75, 3.05) is 0 Å². The van der Waals surface area contributed by atoms with E-state index in [-0.39, 0.29) is 0 Å². The molecule has 5 nitrogen and oxygen atoms in total. The second kappa shape index (κ2) is 5.60. The Morgan fingerprint density at radius 1 is 1.38 bits per heavy atom. The van der Waals surface area contributed by atoms with Gasteiger partial charge in [0.1, 0.15) is 12.4 Å². The molecule has 0 fully saturated rings. The van der Waals surface area contributed by atoms with E-state index in [2.05, 4.69) is 23.2 Å². The van der Waals surface area contributed by atoms with Crippen molar-refractivity contribution in [1.29, 1.82) is 0 Å². The molecule has 110 valence electrons. The van der Waals surface area contributed by atoms with E-state index in [1.165, 1.54) is 0 Å². The maximum atomic E-state index is 9.01. The Balaban J connectivity index is 1.80. The molecule has 0 aliphatic heterocycles. The van der Waals surface area contributed by atoms with Gasteiger partial charge in [-0.05, 0) is 31.4 Å². The van der Waals surface area contributed by atoms with E-state index < -0.39 is 0 Å². The average molecular weight is 285 g/mol. The molecule has 0 bridgehead atoms. The van der Waals surface area contributed by atoms with Crippen LogP contribution in [0.25, 0.3) is 0 Å². The molecule has 1 heterocycles. The Bertz CT molecular complexity index is 689. The molecule has 1 aliphatic rings. The molecule has 1 aliphatic carbocycles. The Kier molecular flexibility index (Phi) is 3.64. The van der Waals surface area contributed by atoms with E-state index in [0.29, 0.717) is 6.61 Å². The third-order valence-corrected chi connectivity index (χ3v) is 3.94. The van der Waals surface area contributed by atoms with Crippen LogP contribution in [0, 0.1) is 0 Å². The van der Waals surface area contributed by atoms with Crippen LogP contribution in [0.15, 0.2) is 29.4 Å². The molecular formula is C16H19N3O2. The number of rotatable bonds is 4. The first-order valence-electron chi connectivity index (χ1n) is 7.20. The average Bonchev–Trinajstić information content (AvgIpc) is 3.08. The van der Waals surface area contributed by atoms with Crippen molar-refractivity contribution < 1.29 is 9.94 Å². The number of fused-ring (bicyclic) bond motifs is 1. The number of hydrogen-bond acceptors (Lipinski definition) is 4. The van der Waals surface area contributed by atoms with Crippen LogP contribution in [0.5, 0.6) is 5.75 Å². The molecule has 1 aromatic heterocycles. The third kappa shape index (κ3) is 2.51. The van der Waals surface area contributed by atoms with Crippen LogP contribution in [0.1, 0.15) is 35.9 Å². The number of aryl methyl sites for hydroxylation is 2. The van der Waals surface area contributed by atoms with Gasteiger partial charge < -0.3 is 9.94 Å². The molecule has 1 aromatic carbocycles. The van der Waals surface area contributed by atoms with E-state index in [0.717, 1.165) is 53.2 Å². The Labute approximate surface area is 123 Å². The predicted molar refractivity (Wildman–Crippen MR) is 80.0 cm³/mol. The lowest BCUT2D eigenvalue weighted by molar-refractivity contribution is 0.292. The van der Waals surface area contributed by atoms with Crippen LogP contribution in [-0.2, 0) is 26.5 Å². The zero-order chi connectivity index (χ0) is 14.8. The van der Waals surface area contributed by atoms with Crippen LogP contribution >= 0.6 is 0 Å². The molecule has 21 heavy (non-hydrogen) atoms. The van der Waals surface area contributed by atoms with Crippen molar-refractivity contribution in [3.8, 4) is 5.75 Å². The number of nitrogens with zero attached hydrogens (tertiary/aromatic N) is 3. The van der Waals surface area contributed by atoms with Crippen LogP contribution in [-0.4, -0.2) is 20.7 Å². The smallest absolute Gasteiger partial charge is 0.130 e. The Hall–Kier alpha value is -2.30. The highest BCUT2D eigenvalue weighted by Gasteiger charge is 2.21. The van der Waals surface area contributed by atoms with Gasteiger partial charge in [0, 0.05) is 18.2 Å². The number of aromatic nitrogens is 2. The van der Waals surface area contributed by atoms with Crippen molar-refractivity contribution in [1.82, 2.24) is 9.78 Å².